The molecule has 0 radical (unpaired) electrons. The van der Waals surface area contributed by atoms with Crippen LogP contribution in [-0.4, -0.2) is 38.8 Å². The standard InChI is InChI=1S/C12H15N3O3/c1-2-12(16)7-15(8-12)6-10-13-11(18-14-10)9-4-3-5-17-9/h3-5,16H,2,6-8H2,1H3. The van der Waals surface area contributed by atoms with Gasteiger partial charge in [0.05, 0.1) is 18.4 Å². The van der Waals surface area contributed by atoms with Crippen molar-refractivity contribution in [1.29, 1.82) is 0 Å². The molecule has 3 rings (SSSR count). The highest BCUT2D eigenvalue weighted by molar-refractivity contribution is 5.42. The van der Waals surface area contributed by atoms with Crippen molar-refractivity contribution >= 4 is 0 Å². The fourth-order valence-corrected chi connectivity index (χ4v) is 2.14. The molecule has 0 saturated carbocycles. The molecule has 2 aromatic heterocycles. The fourth-order valence-electron chi connectivity index (χ4n) is 2.14. The van der Waals surface area contributed by atoms with Gasteiger partial charge in [0.25, 0.3) is 5.89 Å². The Balaban J connectivity index is 1.62. The molecule has 1 saturated heterocycles. The van der Waals surface area contributed by atoms with E-state index >= 15 is 0 Å². The monoisotopic (exact) mass is 249 g/mol. The highest BCUT2D eigenvalue weighted by atomic mass is 16.5. The molecule has 6 nitrogen and oxygen atoms in total. The van der Waals surface area contributed by atoms with Gasteiger partial charge in [-0.3, -0.25) is 4.90 Å². The average Bonchev–Trinajstić information content (AvgIpc) is 2.96. The molecule has 96 valence electrons. The molecular weight excluding hydrogens is 234 g/mol. The molecule has 6 heteroatoms. The largest absolute Gasteiger partial charge is 0.459 e. The van der Waals surface area contributed by atoms with Crippen molar-refractivity contribution < 1.29 is 14.0 Å². The summed E-state index contributed by atoms with van der Waals surface area (Å²) in [4.78, 5) is 6.34. The molecule has 18 heavy (non-hydrogen) atoms. The highest BCUT2D eigenvalue weighted by Gasteiger charge is 2.39. The molecule has 0 amide bonds. The van der Waals surface area contributed by atoms with Crippen molar-refractivity contribution in [2.75, 3.05) is 13.1 Å². The molecule has 1 fully saturated rings. The van der Waals surface area contributed by atoms with E-state index in [1.54, 1.807) is 18.4 Å². The lowest BCUT2D eigenvalue weighted by Gasteiger charge is -2.45. The van der Waals surface area contributed by atoms with E-state index in [1.165, 1.54) is 0 Å². The Hall–Kier alpha value is -1.66. The summed E-state index contributed by atoms with van der Waals surface area (Å²) in [6, 6.07) is 3.55. The van der Waals surface area contributed by atoms with Gasteiger partial charge in [0.2, 0.25) is 0 Å². The Morgan fingerprint density at radius 1 is 1.50 bits per heavy atom. The molecule has 0 aromatic carbocycles. The van der Waals surface area contributed by atoms with Crippen LogP contribution in [0.3, 0.4) is 0 Å². The summed E-state index contributed by atoms with van der Waals surface area (Å²) in [7, 11) is 0. The second kappa shape index (κ2) is 4.22. The third-order valence-electron chi connectivity index (χ3n) is 3.26. The first kappa shape index (κ1) is 11.4. The molecule has 0 unspecified atom stereocenters. The van der Waals surface area contributed by atoms with E-state index in [-0.39, 0.29) is 0 Å². The van der Waals surface area contributed by atoms with Crippen LogP contribution in [0.2, 0.25) is 0 Å². The maximum atomic E-state index is 9.90. The number of furan rings is 1. The van der Waals surface area contributed by atoms with Gasteiger partial charge in [-0.25, -0.2) is 0 Å². The number of hydrogen-bond acceptors (Lipinski definition) is 6. The van der Waals surface area contributed by atoms with Crippen molar-refractivity contribution in [3.63, 3.8) is 0 Å². The van der Waals surface area contributed by atoms with Gasteiger partial charge < -0.3 is 14.0 Å². The Morgan fingerprint density at radius 3 is 3.00 bits per heavy atom. The molecule has 1 N–H and O–H groups in total. The summed E-state index contributed by atoms with van der Waals surface area (Å²) in [5, 5.41) is 13.8. The predicted molar refractivity (Wildman–Crippen MR) is 62.5 cm³/mol. The van der Waals surface area contributed by atoms with E-state index in [2.05, 4.69) is 15.0 Å². The smallest absolute Gasteiger partial charge is 0.293 e. The van der Waals surface area contributed by atoms with Gasteiger partial charge >= 0.3 is 0 Å². The van der Waals surface area contributed by atoms with Crippen molar-refractivity contribution in [1.82, 2.24) is 15.0 Å². The Bertz CT molecular complexity index is 514. The van der Waals surface area contributed by atoms with Crippen molar-refractivity contribution in [2.45, 2.75) is 25.5 Å². The minimum absolute atomic E-state index is 0.390. The summed E-state index contributed by atoms with van der Waals surface area (Å²) in [6.07, 6.45) is 2.34. The Labute approximate surface area is 104 Å². The molecule has 0 aliphatic carbocycles. The topological polar surface area (TPSA) is 75.5 Å². The van der Waals surface area contributed by atoms with E-state index in [0.29, 0.717) is 37.1 Å². The van der Waals surface area contributed by atoms with Gasteiger partial charge in [-0.15, -0.1) is 0 Å². The lowest BCUT2D eigenvalue weighted by Crippen LogP contribution is -2.60. The van der Waals surface area contributed by atoms with Crippen LogP contribution in [-0.2, 0) is 6.54 Å². The minimum Gasteiger partial charge on any atom is -0.459 e. The van der Waals surface area contributed by atoms with E-state index in [0.717, 1.165) is 6.42 Å². The van der Waals surface area contributed by atoms with Gasteiger partial charge in [0.15, 0.2) is 11.6 Å². The van der Waals surface area contributed by atoms with Crippen LogP contribution >= 0.6 is 0 Å². The van der Waals surface area contributed by atoms with E-state index in [9.17, 15) is 5.11 Å². The lowest BCUT2D eigenvalue weighted by atomic mass is 9.91. The first-order chi connectivity index (χ1) is 8.68. The molecular formula is C12H15N3O3. The summed E-state index contributed by atoms with van der Waals surface area (Å²) < 4.78 is 10.3. The Kier molecular flexibility index (Phi) is 2.68. The zero-order valence-corrected chi connectivity index (χ0v) is 10.2. The lowest BCUT2D eigenvalue weighted by molar-refractivity contribution is -0.104. The van der Waals surface area contributed by atoms with Crippen LogP contribution in [0.15, 0.2) is 27.3 Å². The predicted octanol–water partition coefficient (Wildman–Crippen LogP) is 1.29. The number of nitrogens with zero attached hydrogens (tertiary/aromatic N) is 3. The molecule has 0 bridgehead atoms. The molecule has 3 heterocycles. The van der Waals surface area contributed by atoms with Crippen molar-refractivity contribution in [2.24, 2.45) is 0 Å². The highest BCUT2D eigenvalue weighted by Crippen LogP contribution is 2.25. The maximum Gasteiger partial charge on any atom is 0.293 e. The van der Waals surface area contributed by atoms with E-state index in [1.807, 2.05) is 6.92 Å². The quantitative estimate of drug-likeness (QED) is 0.879. The van der Waals surface area contributed by atoms with Crippen LogP contribution in [0, 0.1) is 0 Å². The molecule has 2 aromatic rings. The van der Waals surface area contributed by atoms with Gasteiger partial charge in [0.1, 0.15) is 0 Å². The first-order valence-corrected chi connectivity index (χ1v) is 6.00. The van der Waals surface area contributed by atoms with E-state index in [4.69, 9.17) is 8.94 Å². The van der Waals surface area contributed by atoms with Crippen LogP contribution in [0.5, 0.6) is 0 Å². The normalized spacial score (nSPS) is 18.8. The summed E-state index contributed by atoms with van der Waals surface area (Å²) in [5.41, 5.74) is -0.534. The zero-order chi connectivity index (χ0) is 12.6. The Morgan fingerprint density at radius 2 is 2.33 bits per heavy atom. The van der Waals surface area contributed by atoms with Gasteiger partial charge in [-0.1, -0.05) is 12.1 Å². The molecule has 1 aliphatic heterocycles. The molecule has 0 spiro atoms. The number of aromatic nitrogens is 2. The summed E-state index contributed by atoms with van der Waals surface area (Å²) in [6.45, 7) is 3.90. The van der Waals surface area contributed by atoms with Crippen molar-refractivity contribution in [3.8, 4) is 11.7 Å². The summed E-state index contributed by atoms with van der Waals surface area (Å²) >= 11 is 0. The first-order valence-electron chi connectivity index (χ1n) is 6.00. The second-order valence-corrected chi connectivity index (χ2v) is 4.72. The second-order valence-electron chi connectivity index (χ2n) is 4.72. The van der Waals surface area contributed by atoms with Gasteiger partial charge in [-0.2, -0.15) is 4.98 Å². The van der Waals surface area contributed by atoms with Crippen LogP contribution in [0.1, 0.15) is 19.2 Å². The van der Waals surface area contributed by atoms with Gasteiger partial charge in [-0.05, 0) is 18.6 Å². The number of likely N-dealkylation sites (tertiary alicyclic amines) is 1. The number of hydrogen-bond donors (Lipinski definition) is 1. The van der Waals surface area contributed by atoms with Gasteiger partial charge in [0, 0.05) is 13.1 Å². The molecule has 0 atom stereocenters. The number of aliphatic hydroxyl groups is 1. The number of rotatable bonds is 4. The summed E-state index contributed by atoms with van der Waals surface area (Å²) in [5.74, 6) is 1.57. The molecule has 1 aliphatic rings. The van der Waals surface area contributed by atoms with Crippen molar-refractivity contribution in [3.05, 3.63) is 24.2 Å². The SMILES string of the molecule is CCC1(O)CN(Cc2noc(-c3ccco3)n2)C1. The third-order valence-corrected chi connectivity index (χ3v) is 3.26. The minimum atomic E-state index is -0.534. The van der Waals surface area contributed by atoms with Crippen LogP contribution < -0.4 is 0 Å². The van der Waals surface area contributed by atoms with Crippen LogP contribution in [0.25, 0.3) is 11.7 Å². The fraction of sp³-hybridized carbons (Fsp3) is 0.500. The third kappa shape index (κ3) is 2.04. The average molecular weight is 249 g/mol. The maximum absolute atomic E-state index is 9.90. The number of β-amino-alcohol motifs (C(OH)–C–C–N with tert-alkyl or cyclic N) is 1. The zero-order valence-electron chi connectivity index (χ0n) is 10.2. The van der Waals surface area contributed by atoms with E-state index < -0.39 is 5.60 Å². The van der Waals surface area contributed by atoms with Crippen LogP contribution in [0.4, 0.5) is 0 Å².